The molecule has 31 heavy (non-hydrogen) atoms. The quantitative estimate of drug-likeness (QED) is 0.527. The van der Waals surface area contributed by atoms with Crippen LogP contribution in [0.25, 0.3) is 0 Å². The number of thiazole rings is 1. The van der Waals surface area contributed by atoms with Crippen LogP contribution in [0.1, 0.15) is 59.3 Å². The number of nitrogens with one attached hydrogen (secondary N) is 1. The van der Waals surface area contributed by atoms with E-state index in [0.717, 1.165) is 44.0 Å². The first kappa shape index (κ1) is 21.8. The third-order valence-corrected chi connectivity index (χ3v) is 7.05. The van der Waals surface area contributed by atoms with Gasteiger partial charge in [-0.1, -0.05) is 24.3 Å². The standard InChI is InChI=1S/C24H33N5OS/c1-3-25-24(28(2)17-22-27-20-10-4-5-11-21(20)31-22)26-15-18-8-6-9-19(14-18)16-29-13-7-12-23(29)30/h6,8-9,14H,3-5,7,10-13,15-17H2,1-2H3,(H,25,26). The number of hydrogen-bond donors (Lipinski definition) is 1. The van der Waals surface area contributed by atoms with Crippen LogP contribution in [0.2, 0.25) is 0 Å². The van der Waals surface area contributed by atoms with Gasteiger partial charge in [0.25, 0.3) is 0 Å². The van der Waals surface area contributed by atoms with Crippen LogP contribution in [0.5, 0.6) is 0 Å². The van der Waals surface area contributed by atoms with Gasteiger partial charge in [0.05, 0.1) is 18.8 Å². The molecular weight excluding hydrogens is 406 g/mol. The maximum atomic E-state index is 11.9. The SMILES string of the molecule is CCNC(=NCc1cccc(CN2CCCC2=O)c1)N(C)Cc1nc2c(s1)CCCC2. The fourth-order valence-electron chi connectivity index (χ4n) is 4.30. The molecule has 1 aromatic heterocycles. The Labute approximate surface area is 189 Å². The molecule has 1 amide bonds. The summed E-state index contributed by atoms with van der Waals surface area (Å²) in [7, 11) is 2.08. The van der Waals surface area contributed by atoms with Crippen LogP contribution in [-0.2, 0) is 37.3 Å². The average Bonchev–Trinajstić information content (AvgIpc) is 3.36. The Hall–Kier alpha value is -2.41. The normalized spacial score (nSPS) is 16.5. The molecule has 1 aromatic carbocycles. The first-order chi connectivity index (χ1) is 15.1. The minimum Gasteiger partial charge on any atom is -0.357 e. The summed E-state index contributed by atoms with van der Waals surface area (Å²) < 4.78 is 0. The van der Waals surface area contributed by atoms with Crippen molar-refractivity contribution in [3.8, 4) is 0 Å². The summed E-state index contributed by atoms with van der Waals surface area (Å²) in [6.07, 6.45) is 6.53. The molecule has 1 N–H and O–H groups in total. The highest BCUT2D eigenvalue weighted by Gasteiger charge is 2.20. The van der Waals surface area contributed by atoms with Crippen molar-refractivity contribution >= 4 is 23.2 Å². The Morgan fingerprint density at radius 1 is 1.23 bits per heavy atom. The van der Waals surface area contributed by atoms with E-state index in [1.165, 1.54) is 40.4 Å². The smallest absolute Gasteiger partial charge is 0.222 e. The van der Waals surface area contributed by atoms with Crippen LogP contribution >= 0.6 is 11.3 Å². The molecule has 0 atom stereocenters. The van der Waals surface area contributed by atoms with Crippen LogP contribution in [0.15, 0.2) is 29.3 Å². The largest absolute Gasteiger partial charge is 0.357 e. The van der Waals surface area contributed by atoms with E-state index in [2.05, 4.69) is 48.5 Å². The molecule has 0 unspecified atom stereocenters. The number of aryl methyl sites for hydroxylation is 2. The van der Waals surface area contributed by atoms with E-state index in [0.29, 0.717) is 19.5 Å². The highest BCUT2D eigenvalue weighted by molar-refractivity contribution is 7.11. The summed E-state index contributed by atoms with van der Waals surface area (Å²) in [4.78, 5) is 27.3. The molecule has 6 nitrogen and oxygen atoms in total. The zero-order valence-corrected chi connectivity index (χ0v) is 19.5. The van der Waals surface area contributed by atoms with Gasteiger partial charge in [0.2, 0.25) is 5.91 Å². The number of rotatable bonds is 7. The number of carbonyl (C=O) groups excluding carboxylic acids is 1. The van der Waals surface area contributed by atoms with Gasteiger partial charge in [-0.15, -0.1) is 11.3 Å². The Kier molecular flexibility index (Phi) is 7.22. The molecule has 1 saturated heterocycles. The molecule has 2 heterocycles. The predicted octanol–water partition coefficient (Wildman–Crippen LogP) is 3.74. The molecule has 4 rings (SSSR count). The first-order valence-corrected chi connectivity index (χ1v) is 12.3. The summed E-state index contributed by atoms with van der Waals surface area (Å²) in [5.41, 5.74) is 3.65. The lowest BCUT2D eigenvalue weighted by Gasteiger charge is -2.21. The summed E-state index contributed by atoms with van der Waals surface area (Å²) in [6, 6.07) is 8.45. The van der Waals surface area contributed by atoms with Gasteiger partial charge in [0.1, 0.15) is 5.01 Å². The molecule has 7 heteroatoms. The molecule has 166 valence electrons. The number of guanidine groups is 1. The molecule has 2 aromatic rings. The van der Waals surface area contributed by atoms with Gasteiger partial charge < -0.3 is 15.1 Å². The molecule has 1 aliphatic carbocycles. The van der Waals surface area contributed by atoms with Crippen molar-refractivity contribution in [2.45, 2.75) is 65.1 Å². The van der Waals surface area contributed by atoms with E-state index in [1.807, 2.05) is 16.2 Å². The number of aromatic nitrogens is 1. The van der Waals surface area contributed by atoms with Crippen molar-refractivity contribution in [2.75, 3.05) is 20.1 Å². The molecular formula is C24H33N5OS. The second-order valence-corrected chi connectivity index (χ2v) is 9.62. The van der Waals surface area contributed by atoms with Crippen molar-refractivity contribution in [1.29, 1.82) is 0 Å². The van der Waals surface area contributed by atoms with E-state index in [4.69, 9.17) is 9.98 Å². The number of hydrogen-bond acceptors (Lipinski definition) is 4. The molecule has 1 fully saturated rings. The fourth-order valence-corrected chi connectivity index (χ4v) is 5.52. The minimum atomic E-state index is 0.267. The van der Waals surface area contributed by atoms with Gasteiger partial charge in [-0.3, -0.25) is 4.79 Å². The molecule has 1 aliphatic heterocycles. The lowest BCUT2D eigenvalue weighted by atomic mass is 10.0. The van der Waals surface area contributed by atoms with Crippen molar-refractivity contribution in [2.24, 2.45) is 4.99 Å². The number of likely N-dealkylation sites (tertiary alicyclic amines) is 1. The average molecular weight is 440 g/mol. The number of aliphatic imine (C=N–C) groups is 1. The zero-order valence-electron chi connectivity index (χ0n) is 18.7. The van der Waals surface area contributed by atoms with Gasteiger partial charge in [-0.05, 0) is 50.2 Å². The zero-order chi connectivity index (χ0) is 21.6. The maximum Gasteiger partial charge on any atom is 0.222 e. The monoisotopic (exact) mass is 439 g/mol. The van der Waals surface area contributed by atoms with E-state index < -0.39 is 0 Å². The molecule has 0 radical (unpaired) electrons. The third-order valence-electron chi connectivity index (χ3n) is 5.91. The number of fused-ring (bicyclic) bond motifs is 1. The Morgan fingerprint density at radius 3 is 2.84 bits per heavy atom. The second-order valence-electron chi connectivity index (χ2n) is 8.45. The number of carbonyl (C=O) groups is 1. The predicted molar refractivity (Wildman–Crippen MR) is 126 cm³/mol. The minimum absolute atomic E-state index is 0.267. The second kappa shape index (κ2) is 10.3. The number of nitrogens with zero attached hydrogens (tertiary/aromatic N) is 4. The molecule has 2 aliphatic rings. The Morgan fingerprint density at radius 2 is 2.06 bits per heavy atom. The van der Waals surface area contributed by atoms with E-state index >= 15 is 0 Å². The van der Waals surface area contributed by atoms with Crippen LogP contribution in [0, 0.1) is 0 Å². The Bertz CT molecular complexity index is 914. The molecule has 0 bridgehead atoms. The van der Waals surface area contributed by atoms with Crippen LogP contribution in [-0.4, -0.2) is 46.8 Å². The van der Waals surface area contributed by atoms with E-state index in [9.17, 15) is 4.79 Å². The third kappa shape index (κ3) is 5.64. The summed E-state index contributed by atoms with van der Waals surface area (Å²) in [6.45, 7) is 5.89. The Balaban J connectivity index is 1.40. The highest BCUT2D eigenvalue weighted by atomic mass is 32.1. The lowest BCUT2D eigenvalue weighted by molar-refractivity contribution is -0.128. The molecule has 0 spiro atoms. The summed E-state index contributed by atoms with van der Waals surface area (Å²) in [5.74, 6) is 1.17. The van der Waals surface area contributed by atoms with Crippen LogP contribution in [0.4, 0.5) is 0 Å². The van der Waals surface area contributed by atoms with Crippen molar-refractivity contribution in [3.05, 3.63) is 51.0 Å². The van der Waals surface area contributed by atoms with Crippen molar-refractivity contribution < 1.29 is 4.79 Å². The van der Waals surface area contributed by atoms with Crippen molar-refractivity contribution in [1.82, 2.24) is 20.1 Å². The molecule has 0 saturated carbocycles. The summed E-state index contributed by atoms with van der Waals surface area (Å²) >= 11 is 1.86. The first-order valence-electron chi connectivity index (χ1n) is 11.4. The van der Waals surface area contributed by atoms with Gasteiger partial charge >= 0.3 is 0 Å². The van der Waals surface area contributed by atoms with E-state index in [-0.39, 0.29) is 5.91 Å². The van der Waals surface area contributed by atoms with Crippen LogP contribution in [0.3, 0.4) is 0 Å². The fraction of sp³-hybridized carbons (Fsp3) is 0.542. The van der Waals surface area contributed by atoms with E-state index in [1.54, 1.807) is 0 Å². The van der Waals surface area contributed by atoms with Gasteiger partial charge in [-0.2, -0.15) is 0 Å². The lowest BCUT2D eigenvalue weighted by Crippen LogP contribution is -2.38. The maximum absolute atomic E-state index is 11.9. The number of amides is 1. The highest BCUT2D eigenvalue weighted by Crippen LogP contribution is 2.27. The van der Waals surface area contributed by atoms with Gasteiger partial charge in [0.15, 0.2) is 5.96 Å². The van der Waals surface area contributed by atoms with Gasteiger partial charge in [0, 0.05) is 38.0 Å². The van der Waals surface area contributed by atoms with Gasteiger partial charge in [-0.25, -0.2) is 9.98 Å². The topological polar surface area (TPSA) is 60.8 Å². The summed E-state index contributed by atoms with van der Waals surface area (Å²) in [5, 5.41) is 4.59. The van der Waals surface area contributed by atoms with Crippen molar-refractivity contribution in [3.63, 3.8) is 0 Å². The number of benzene rings is 1. The van der Waals surface area contributed by atoms with Crippen LogP contribution < -0.4 is 5.32 Å².